The minimum absolute atomic E-state index is 0.376. The maximum atomic E-state index is 9.56. The third-order valence-corrected chi connectivity index (χ3v) is 2.47. The van der Waals surface area contributed by atoms with Crippen LogP contribution in [0, 0.1) is 0 Å². The smallest absolute Gasteiger partial charge is 0.220 e. The molecule has 0 saturated heterocycles. The van der Waals surface area contributed by atoms with E-state index < -0.39 is 9.90 Å². The Balaban J connectivity index is 3.02. The van der Waals surface area contributed by atoms with Crippen molar-refractivity contribution < 1.29 is 5.11 Å². The predicted molar refractivity (Wildman–Crippen MR) is 56.7 cm³/mol. The highest BCUT2D eigenvalue weighted by Gasteiger charge is 2.33. The maximum Gasteiger partial charge on any atom is 0.220 e. The van der Waals surface area contributed by atoms with Crippen molar-refractivity contribution in [2.75, 3.05) is 0 Å². The average molecular weight is 260 g/mol. The molecule has 1 aromatic rings. The molecule has 5 heteroatoms. The number of hydrogen-bond acceptors (Lipinski definition) is 1. The van der Waals surface area contributed by atoms with E-state index in [2.05, 4.69) is 0 Å². The Hall–Kier alpha value is 0.340. The van der Waals surface area contributed by atoms with Crippen LogP contribution in [0.3, 0.4) is 0 Å². The second-order valence-corrected chi connectivity index (χ2v) is 5.24. The summed E-state index contributed by atoms with van der Waals surface area (Å²) < 4.78 is -1.76. The van der Waals surface area contributed by atoms with Gasteiger partial charge in [0.15, 0.2) is 0 Å². The summed E-state index contributed by atoms with van der Waals surface area (Å²) in [6.45, 7) is 0. The molecule has 0 aromatic heterocycles. The van der Waals surface area contributed by atoms with Gasteiger partial charge in [-0.15, -0.1) is 0 Å². The van der Waals surface area contributed by atoms with E-state index in [0.717, 1.165) is 0 Å². The van der Waals surface area contributed by atoms with Crippen molar-refractivity contribution in [2.24, 2.45) is 0 Å². The van der Waals surface area contributed by atoms with Crippen molar-refractivity contribution in [3.63, 3.8) is 0 Å². The summed E-state index contributed by atoms with van der Waals surface area (Å²) in [6.07, 6.45) is -1.22. The summed E-state index contributed by atoms with van der Waals surface area (Å²) >= 11 is 22.3. The molecule has 72 valence electrons. The zero-order valence-electron chi connectivity index (χ0n) is 6.35. The molecule has 0 bridgehead atoms. The minimum Gasteiger partial charge on any atom is -0.384 e. The van der Waals surface area contributed by atoms with Gasteiger partial charge in [-0.25, -0.2) is 0 Å². The fraction of sp³-hybridized carbons (Fsp3) is 0.250. The van der Waals surface area contributed by atoms with Gasteiger partial charge in [-0.3, -0.25) is 0 Å². The summed E-state index contributed by atoms with van der Waals surface area (Å²) in [6, 6.07) is 6.67. The molecule has 0 spiro atoms. The van der Waals surface area contributed by atoms with Gasteiger partial charge in [0.2, 0.25) is 3.79 Å². The van der Waals surface area contributed by atoms with Crippen molar-refractivity contribution in [2.45, 2.75) is 9.90 Å². The highest BCUT2D eigenvalue weighted by atomic mass is 35.6. The Morgan fingerprint density at radius 3 is 2.15 bits per heavy atom. The van der Waals surface area contributed by atoms with Crippen molar-refractivity contribution in [1.29, 1.82) is 0 Å². The van der Waals surface area contributed by atoms with Gasteiger partial charge in [0.05, 0.1) is 0 Å². The summed E-state index contributed by atoms with van der Waals surface area (Å²) in [7, 11) is 0. The van der Waals surface area contributed by atoms with Crippen molar-refractivity contribution in [3.05, 3.63) is 34.9 Å². The van der Waals surface area contributed by atoms with Crippen LogP contribution < -0.4 is 0 Å². The number of rotatable bonds is 1. The number of hydrogen-bond donors (Lipinski definition) is 1. The predicted octanol–water partition coefficient (Wildman–Crippen LogP) is 3.74. The Morgan fingerprint density at radius 2 is 1.69 bits per heavy atom. The minimum atomic E-state index is -1.76. The molecule has 0 unspecified atom stereocenters. The second kappa shape index (κ2) is 4.24. The van der Waals surface area contributed by atoms with E-state index in [0.29, 0.717) is 10.6 Å². The van der Waals surface area contributed by atoms with E-state index >= 15 is 0 Å². The van der Waals surface area contributed by atoms with Gasteiger partial charge in [0.25, 0.3) is 0 Å². The van der Waals surface area contributed by atoms with Gasteiger partial charge in [-0.05, 0) is 6.07 Å². The molecule has 13 heavy (non-hydrogen) atoms. The van der Waals surface area contributed by atoms with E-state index in [1.165, 1.54) is 0 Å². The summed E-state index contributed by atoms with van der Waals surface area (Å²) in [5, 5.41) is 9.93. The largest absolute Gasteiger partial charge is 0.384 e. The van der Waals surface area contributed by atoms with E-state index in [-0.39, 0.29) is 0 Å². The standard InChI is InChI=1S/C8H6Cl4O/c9-6-4-2-1-3-5(6)7(13)8(10,11)12/h1-4,7,13H/t7-/m0/s1. The fourth-order valence-corrected chi connectivity index (χ4v) is 1.46. The molecule has 0 aliphatic rings. The first-order valence-corrected chi connectivity index (χ1v) is 4.93. The average Bonchev–Trinajstić information content (AvgIpc) is 2.02. The lowest BCUT2D eigenvalue weighted by atomic mass is 10.1. The molecular formula is C8H6Cl4O. The van der Waals surface area contributed by atoms with Crippen LogP contribution in [0.15, 0.2) is 24.3 Å². The van der Waals surface area contributed by atoms with Crippen LogP contribution in [0.5, 0.6) is 0 Å². The Kier molecular flexibility index (Phi) is 3.73. The van der Waals surface area contributed by atoms with Crippen molar-refractivity contribution in [1.82, 2.24) is 0 Å². The van der Waals surface area contributed by atoms with Crippen LogP contribution in [0.4, 0.5) is 0 Å². The molecule has 1 N–H and O–H groups in total. The number of alkyl halides is 3. The van der Waals surface area contributed by atoms with Crippen LogP contribution in [-0.2, 0) is 0 Å². The van der Waals surface area contributed by atoms with E-state index in [4.69, 9.17) is 46.4 Å². The van der Waals surface area contributed by atoms with Gasteiger partial charge in [0.1, 0.15) is 6.10 Å². The zero-order chi connectivity index (χ0) is 10.1. The van der Waals surface area contributed by atoms with Crippen LogP contribution >= 0.6 is 46.4 Å². The molecule has 1 aromatic carbocycles. The monoisotopic (exact) mass is 258 g/mol. The van der Waals surface area contributed by atoms with Gasteiger partial charge >= 0.3 is 0 Å². The van der Waals surface area contributed by atoms with Gasteiger partial charge in [-0.2, -0.15) is 0 Å². The van der Waals surface area contributed by atoms with Crippen molar-refractivity contribution in [3.8, 4) is 0 Å². The maximum absolute atomic E-state index is 9.56. The molecule has 0 amide bonds. The van der Waals surface area contributed by atoms with E-state index in [1.807, 2.05) is 0 Å². The quantitative estimate of drug-likeness (QED) is 0.762. The lowest BCUT2D eigenvalue weighted by molar-refractivity contribution is 0.182. The number of benzene rings is 1. The first-order valence-electron chi connectivity index (χ1n) is 3.42. The summed E-state index contributed by atoms with van der Waals surface area (Å²) in [5.41, 5.74) is 0.407. The lowest BCUT2D eigenvalue weighted by Crippen LogP contribution is -2.16. The number of halogens is 4. The van der Waals surface area contributed by atoms with Crippen molar-refractivity contribution >= 4 is 46.4 Å². The third kappa shape index (κ3) is 2.90. The first-order chi connectivity index (χ1) is 5.93. The normalized spacial score (nSPS) is 14.2. The molecule has 0 saturated carbocycles. The highest BCUT2D eigenvalue weighted by Crippen LogP contribution is 2.41. The Bertz CT molecular complexity index is 294. The summed E-state index contributed by atoms with van der Waals surface area (Å²) in [5.74, 6) is 0. The van der Waals surface area contributed by atoms with Crippen LogP contribution in [0.2, 0.25) is 5.02 Å². The highest BCUT2D eigenvalue weighted by molar-refractivity contribution is 6.68. The van der Waals surface area contributed by atoms with E-state index in [9.17, 15) is 5.11 Å². The van der Waals surface area contributed by atoms with Gasteiger partial charge < -0.3 is 5.11 Å². The third-order valence-electron chi connectivity index (χ3n) is 1.51. The molecule has 0 radical (unpaired) electrons. The van der Waals surface area contributed by atoms with Gasteiger partial charge in [0, 0.05) is 10.6 Å². The SMILES string of the molecule is O[C@@H](c1ccccc1Cl)C(Cl)(Cl)Cl. The Labute approximate surface area is 96.2 Å². The molecule has 0 aliphatic heterocycles. The molecule has 1 atom stereocenters. The molecule has 0 heterocycles. The molecule has 1 nitrogen and oxygen atoms in total. The Morgan fingerprint density at radius 1 is 1.15 bits per heavy atom. The summed E-state index contributed by atoms with van der Waals surface area (Å²) in [4.78, 5) is 0. The molecule has 0 aliphatic carbocycles. The number of aliphatic hydroxyl groups excluding tert-OH is 1. The first kappa shape index (κ1) is 11.4. The number of aliphatic hydroxyl groups is 1. The van der Waals surface area contributed by atoms with Crippen LogP contribution in [0.1, 0.15) is 11.7 Å². The fourth-order valence-electron chi connectivity index (χ4n) is 0.873. The molecular weight excluding hydrogens is 254 g/mol. The van der Waals surface area contributed by atoms with E-state index in [1.54, 1.807) is 24.3 Å². The van der Waals surface area contributed by atoms with Crippen LogP contribution in [0.25, 0.3) is 0 Å². The second-order valence-electron chi connectivity index (χ2n) is 2.47. The lowest BCUT2D eigenvalue weighted by Gasteiger charge is -2.19. The topological polar surface area (TPSA) is 20.2 Å². The van der Waals surface area contributed by atoms with Gasteiger partial charge in [-0.1, -0.05) is 64.6 Å². The van der Waals surface area contributed by atoms with Crippen LogP contribution in [-0.4, -0.2) is 8.90 Å². The molecule has 1 rings (SSSR count). The zero-order valence-corrected chi connectivity index (χ0v) is 9.37. The molecule has 0 fully saturated rings.